The lowest BCUT2D eigenvalue weighted by molar-refractivity contribution is -0.254. The smallest absolute Gasteiger partial charge is 0.308 e. The van der Waals surface area contributed by atoms with E-state index in [0.717, 1.165) is 48.5 Å². The van der Waals surface area contributed by atoms with Crippen molar-refractivity contribution in [3.63, 3.8) is 0 Å². The number of carbonyl (C=O) groups is 8. The molecule has 1 aliphatic rings. The minimum atomic E-state index is -1.62. The van der Waals surface area contributed by atoms with Gasteiger partial charge in [-0.25, -0.2) is 0 Å². The maximum atomic E-state index is 12.8. The van der Waals surface area contributed by atoms with Crippen molar-refractivity contribution in [1.82, 2.24) is 0 Å². The van der Waals surface area contributed by atoms with E-state index in [9.17, 15) is 38.4 Å². The number of fused-ring (bicyclic) bond motifs is 2. The number of rotatable bonds is 11. The van der Waals surface area contributed by atoms with Gasteiger partial charge in [0, 0.05) is 61.0 Å². The number of esters is 8. The van der Waals surface area contributed by atoms with E-state index in [2.05, 4.69) is 0 Å². The molecule has 4 rings (SSSR count). The molecular weight excluding hydrogens is 716 g/mol. The molecule has 3 aromatic rings. The van der Waals surface area contributed by atoms with Crippen LogP contribution >= 0.6 is 0 Å². The van der Waals surface area contributed by atoms with E-state index in [1.807, 2.05) is 0 Å². The lowest BCUT2D eigenvalue weighted by Crippen LogP contribution is -2.59. The molecule has 17 heteroatoms. The molecule has 0 bridgehead atoms. The second kappa shape index (κ2) is 17.2. The van der Waals surface area contributed by atoms with E-state index in [0.29, 0.717) is 0 Å². The largest absolute Gasteiger partial charge is 0.463 e. The molecule has 1 unspecified atom stereocenters. The predicted octanol–water partition coefficient (Wildman–Crippen LogP) is 3.63. The van der Waals surface area contributed by atoms with E-state index in [1.54, 1.807) is 0 Å². The standard InChI is InChI=1S/C37H38O17/c1-16(38)46-14-24-12-26-30(35-37(53-23(8)45)36(52-22(7)44)33(50-20(5)42)29(54-35)15-47-17(2)39)25-10-9-11-27(48-18(3)40)31(25)34(51-21(6)43)32(26)28(13-24)49-19(4)41/h9-13,29,33,35-37H,14-15H2,1-8H3/t29-,33?,35+,36+,37+/m1/s1. The van der Waals surface area contributed by atoms with Crippen LogP contribution in [0.25, 0.3) is 21.5 Å². The molecule has 288 valence electrons. The summed E-state index contributed by atoms with van der Waals surface area (Å²) in [6.45, 7) is 7.99. The van der Waals surface area contributed by atoms with Gasteiger partial charge < -0.3 is 42.6 Å². The van der Waals surface area contributed by atoms with Crippen LogP contribution in [0.5, 0.6) is 17.2 Å². The van der Waals surface area contributed by atoms with Crippen molar-refractivity contribution in [2.45, 2.75) is 92.5 Å². The van der Waals surface area contributed by atoms with E-state index in [1.165, 1.54) is 37.3 Å². The van der Waals surface area contributed by atoms with Gasteiger partial charge in [-0.15, -0.1) is 0 Å². The van der Waals surface area contributed by atoms with Crippen LogP contribution in [-0.4, -0.2) is 78.8 Å². The molecule has 17 nitrogen and oxygen atoms in total. The highest BCUT2D eigenvalue weighted by Gasteiger charge is 2.53. The van der Waals surface area contributed by atoms with Crippen molar-refractivity contribution in [3.8, 4) is 17.2 Å². The van der Waals surface area contributed by atoms with Gasteiger partial charge in [-0.3, -0.25) is 38.4 Å². The second-order valence-corrected chi connectivity index (χ2v) is 12.1. The fourth-order valence-electron chi connectivity index (χ4n) is 6.14. The normalized spacial score (nSPS) is 19.2. The summed E-state index contributed by atoms with van der Waals surface area (Å²) in [4.78, 5) is 99.3. The van der Waals surface area contributed by atoms with Crippen molar-refractivity contribution in [2.75, 3.05) is 6.61 Å². The van der Waals surface area contributed by atoms with Crippen molar-refractivity contribution in [3.05, 3.63) is 41.5 Å². The molecule has 5 atom stereocenters. The Morgan fingerprint density at radius 3 is 1.65 bits per heavy atom. The fourth-order valence-corrected chi connectivity index (χ4v) is 6.14. The van der Waals surface area contributed by atoms with Gasteiger partial charge in [0.25, 0.3) is 0 Å². The van der Waals surface area contributed by atoms with Crippen LogP contribution in [0.2, 0.25) is 0 Å². The van der Waals surface area contributed by atoms with Crippen LogP contribution in [0.1, 0.15) is 72.6 Å². The molecule has 3 aromatic carbocycles. The molecule has 1 saturated heterocycles. The number of benzene rings is 3. The van der Waals surface area contributed by atoms with Crippen molar-refractivity contribution in [2.24, 2.45) is 0 Å². The van der Waals surface area contributed by atoms with E-state index >= 15 is 0 Å². The first kappa shape index (κ1) is 40.7. The summed E-state index contributed by atoms with van der Waals surface area (Å²) < 4.78 is 51.0. The average molecular weight is 755 g/mol. The van der Waals surface area contributed by atoms with Crippen molar-refractivity contribution < 1.29 is 81.0 Å². The van der Waals surface area contributed by atoms with E-state index < -0.39 is 84.9 Å². The van der Waals surface area contributed by atoms with Crippen LogP contribution in [0.15, 0.2) is 30.3 Å². The van der Waals surface area contributed by atoms with Crippen molar-refractivity contribution in [1.29, 1.82) is 0 Å². The first-order valence-electron chi connectivity index (χ1n) is 16.4. The molecule has 1 heterocycles. The molecular formula is C37H38O17. The Morgan fingerprint density at radius 2 is 1.09 bits per heavy atom. The van der Waals surface area contributed by atoms with Crippen molar-refractivity contribution >= 4 is 69.3 Å². The molecule has 1 fully saturated rings. The Morgan fingerprint density at radius 1 is 0.556 bits per heavy atom. The summed E-state index contributed by atoms with van der Waals surface area (Å²) >= 11 is 0. The Kier molecular flexibility index (Phi) is 12.9. The fraction of sp³-hybridized carbons (Fsp3) is 0.405. The van der Waals surface area contributed by atoms with Gasteiger partial charge in [0.15, 0.2) is 24.1 Å². The second-order valence-electron chi connectivity index (χ2n) is 12.1. The number of carbonyl (C=O) groups excluding carboxylic acids is 8. The van der Waals surface area contributed by atoms with E-state index in [4.69, 9.17) is 42.6 Å². The zero-order valence-electron chi connectivity index (χ0n) is 30.6. The maximum absolute atomic E-state index is 12.8. The Hall–Kier alpha value is -6.10. The highest BCUT2D eigenvalue weighted by Crippen LogP contribution is 2.51. The topological polar surface area (TPSA) is 220 Å². The summed E-state index contributed by atoms with van der Waals surface area (Å²) in [6.07, 6.45) is -7.64. The predicted molar refractivity (Wildman–Crippen MR) is 182 cm³/mol. The lowest BCUT2D eigenvalue weighted by atomic mass is 9.84. The van der Waals surface area contributed by atoms with Gasteiger partial charge in [-0.2, -0.15) is 0 Å². The van der Waals surface area contributed by atoms with Crippen LogP contribution < -0.4 is 14.2 Å². The van der Waals surface area contributed by atoms with Gasteiger partial charge in [0.2, 0.25) is 0 Å². The summed E-state index contributed by atoms with van der Waals surface area (Å²) in [5, 5.41) is 0.179. The Labute approximate surface area is 307 Å². The van der Waals surface area contributed by atoms with Crippen LogP contribution in [-0.2, 0) is 73.4 Å². The molecule has 0 radical (unpaired) electrons. The average Bonchev–Trinajstić information content (AvgIpc) is 3.03. The zero-order valence-corrected chi connectivity index (χ0v) is 30.6. The highest BCUT2D eigenvalue weighted by atomic mass is 16.7. The minimum Gasteiger partial charge on any atom is -0.463 e. The molecule has 0 aromatic heterocycles. The third-order valence-electron chi connectivity index (χ3n) is 7.69. The van der Waals surface area contributed by atoms with Crippen LogP contribution in [0.4, 0.5) is 0 Å². The van der Waals surface area contributed by atoms with Gasteiger partial charge in [-0.05, 0) is 34.5 Å². The van der Waals surface area contributed by atoms with Gasteiger partial charge in [-0.1, -0.05) is 12.1 Å². The zero-order chi connectivity index (χ0) is 40.0. The molecule has 0 spiro atoms. The summed E-state index contributed by atoms with van der Waals surface area (Å²) in [5.41, 5.74) is 0.339. The number of ether oxygens (including phenoxy) is 9. The van der Waals surface area contributed by atoms with Crippen LogP contribution in [0.3, 0.4) is 0 Å². The van der Waals surface area contributed by atoms with E-state index in [-0.39, 0.29) is 56.5 Å². The minimum absolute atomic E-state index is 0.0144. The van der Waals surface area contributed by atoms with Gasteiger partial charge in [0.05, 0.1) is 10.8 Å². The molecule has 0 aliphatic carbocycles. The summed E-state index contributed by atoms with van der Waals surface area (Å²) in [6, 6.07) is 7.29. The lowest BCUT2D eigenvalue weighted by Gasteiger charge is -2.45. The molecule has 54 heavy (non-hydrogen) atoms. The molecule has 0 amide bonds. The monoisotopic (exact) mass is 754 g/mol. The number of hydrogen-bond donors (Lipinski definition) is 0. The SMILES string of the molecule is CC(=O)OCc1cc(OC(C)=O)c2c(OC(C)=O)c3c(OC(C)=O)cccc3c([C@@H]3O[C@H](COC(C)=O)C(OC(C)=O)[C@H](OC(C)=O)[C@H]3OC(C)=O)c2c1. The van der Waals surface area contributed by atoms with Gasteiger partial charge in [0.1, 0.15) is 36.9 Å². The summed E-state index contributed by atoms with van der Waals surface area (Å²) in [7, 11) is 0. The Balaban J connectivity index is 2.28. The number of hydrogen-bond acceptors (Lipinski definition) is 17. The third kappa shape index (κ3) is 9.65. The highest BCUT2D eigenvalue weighted by molar-refractivity contribution is 6.14. The van der Waals surface area contributed by atoms with Crippen LogP contribution in [0, 0.1) is 0 Å². The van der Waals surface area contributed by atoms with Gasteiger partial charge >= 0.3 is 47.8 Å². The maximum Gasteiger partial charge on any atom is 0.308 e. The Bertz CT molecular complexity index is 2030. The summed E-state index contributed by atoms with van der Waals surface area (Å²) in [5.74, 6) is -6.94. The first-order valence-corrected chi connectivity index (χ1v) is 16.4. The molecule has 1 aliphatic heterocycles. The third-order valence-corrected chi connectivity index (χ3v) is 7.69. The first-order chi connectivity index (χ1) is 25.4. The molecule has 0 saturated carbocycles. The quantitative estimate of drug-likeness (QED) is 0.118. The molecule has 0 N–H and O–H groups in total.